The van der Waals surface area contributed by atoms with E-state index in [1.54, 1.807) is 0 Å². The molecule has 0 amide bonds. The van der Waals surface area contributed by atoms with E-state index in [1.165, 1.54) is 38.5 Å². The van der Waals surface area contributed by atoms with Gasteiger partial charge in [0.1, 0.15) is 0 Å². The van der Waals surface area contributed by atoms with Crippen molar-refractivity contribution in [3.05, 3.63) is 0 Å². The van der Waals surface area contributed by atoms with E-state index in [4.69, 9.17) is 0 Å². The number of hydrogen-bond acceptors (Lipinski definition) is 0. The quantitative estimate of drug-likeness (QED) is 0.576. The topological polar surface area (TPSA) is 0 Å². The van der Waals surface area contributed by atoms with Crippen LogP contribution in [0.25, 0.3) is 0 Å². The number of hydrogen-bond donors (Lipinski definition) is 0. The summed E-state index contributed by atoms with van der Waals surface area (Å²) in [6.45, 7) is 12.1. The van der Waals surface area contributed by atoms with Gasteiger partial charge in [0.2, 0.25) is 0 Å². The van der Waals surface area contributed by atoms with E-state index in [0.717, 1.165) is 29.6 Å². The highest BCUT2D eigenvalue weighted by atomic mass is 14.3. The molecule has 0 radical (unpaired) electrons. The second-order valence-electron chi connectivity index (χ2n) is 6.55. The summed E-state index contributed by atoms with van der Waals surface area (Å²) in [4.78, 5) is 0. The van der Waals surface area contributed by atoms with Crippen molar-refractivity contribution in [1.29, 1.82) is 0 Å². The van der Waals surface area contributed by atoms with E-state index in [9.17, 15) is 0 Å². The first-order valence-electron chi connectivity index (χ1n) is 7.56. The summed E-state index contributed by atoms with van der Waals surface area (Å²) in [7, 11) is 0. The Morgan fingerprint density at radius 3 is 2.19 bits per heavy atom. The van der Waals surface area contributed by atoms with Gasteiger partial charge in [0, 0.05) is 0 Å². The number of rotatable bonds is 5. The molecule has 0 heterocycles. The van der Waals surface area contributed by atoms with Crippen LogP contribution in [0.1, 0.15) is 73.1 Å². The van der Waals surface area contributed by atoms with Crippen LogP contribution in [0.2, 0.25) is 0 Å². The maximum Gasteiger partial charge on any atom is -0.0360 e. The molecule has 1 rings (SSSR count). The van der Waals surface area contributed by atoms with Gasteiger partial charge in [-0.05, 0) is 42.4 Å². The van der Waals surface area contributed by atoms with Crippen LogP contribution in [0, 0.1) is 29.6 Å². The van der Waals surface area contributed by atoms with Gasteiger partial charge >= 0.3 is 0 Å². The van der Waals surface area contributed by atoms with E-state index >= 15 is 0 Å². The molecule has 4 unspecified atom stereocenters. The van der Waals surface area contributed by atoms with Crippen molar-refractivity contribution >= 4 is 0 Å². The molecule has 0 heteroatoms. The van der Waals surface area contributed by atoms with Crippen molar-refractivity contribution in [1.82, 2.24) is 0 Å². The Balaban J connectivity index is 2.51. The Morgan fingerprint density at radius 2 is 1.69 bits per heavy atom. The largest absolute Gasteiger partial charge is 0.0651 e. The van der Waals surface area contributed by atoms with Gasteiger partial charge in [-0.3, -0.25) is 0 Å². The molecule has 0 aromatic carbocycles. The van der Waals surface area contributed by atoms with Gasteiger partial charge in [0.05, 0.1) is 0 Å². The van der Waals surface area contributed by atoms with Crippen molar-refractivity contribution in [2.45, 2.75) is 73.1 Å². The third-order valence-electron chi connectivity index (χ3n) is 5.12. The van der Waals surface area contributed by atoms with Gasteiger partial charge < -0.3 is 0 Å². The van der Waals surface area contributed by atoms with Crippen LogP contribution in [-0.4, -0.2) is 0 Å². The fourth-order valence-corrected chi connectivity index (χ4v) is 3.44. The van der Waals surface area contributed by atoms with Crippen molar-refractivity contribution in [3.63, 3.8) is 0 Å². The maximum absolute atomic E-state index is 2.49. The van der Waals surface area contributed by atoms with E-state index in [-0.39, 0.29) is 0 Å². The molecule has 16 heavy (non-hydrogen) atoms. The lowest BCUT2D eigenvalue weighted by Gasteiger charge is -2.37. The fraction of sp³-hybridized carbons (Fsp3) is 1.00. The molecule has 0 aliphatic heterocycles. The Kier molecular flexibility index (Phi) is 5.86. The minimum Gasteiger partial charge on any atom is -0.0651 e. The first-order chi connectivity index (χ1) is 7.56. The summed E-state index contributed by atoms with van der Waals surface area (Å²) >= 11 is 0. The molecule has 1 aliphatic carbocycles. The van der Waals surface area contributed by atoms with Gasteiger partial charge in [-0.15, -0.1) is 0 Å². The van der Waals surface area contributed by atoms with Crippen LogP contribution in [0.5, 0.6) is 0 Å². The lowest BCUT2D eigenvalue weighted by molar-refractivity contribution is 0.139. The molecule has 96 valence electrons. The summed E-state index contributed by atoms with van der Waals surface area (Å²) in [5.41, 5.74) is 0. The minimum atomic E-state index is 0.855. The molecule has 0 aromatic rings. The smallest absolute Gasteiger partial charge is 0.0360 e. The average molecular weight is 224 g/mol. The molecule has 1 fully saturated rings. The molecule has 1 saturated carbocycles. The van der Waals surface area contributed by atoms with Gasteiger partial charge in [0.25, 0.3) is 0 Å². The van der Waals surface area contributed by atoms with Gasteiger partial charge in [-0.1, -0.05) is 60.3 Å². The van der Waals surface area contributed by atoms with Gasteiger partial charge in [-0.2, -0.15) is 0 Å². The summed E-state index contributed by atoms with van der Waals surface area (Å²) in [6, 6.07) is 0. The molecule has 1 aliphatic rings. The van der Waals surface area contributed by atoms with Crippen LogP contribution in [-0.2, 0) is 0 Å². The van der Waals surface area contributed by atoms with Crippen LogP contribution in [0.4, 0.5) is 0 Å². The summed E-state index contributed by atoms with van der Waals surface area (Å²) in [5, 5.41) is 0. The molecule has 0 bridgehead atoms. The van der Waals surface area contributed by atoms with Crippen molar-refractivity contribution in [3.8, 4) is 0 Å². The van der Waals surface area contributed by atoms with Crippen LogP contribution >= 0.6 is 0 Å². The minimum absolute atomic E-state index is 0.855. The Labute approximate surface area is 103 Å². The SMILES string of the molecule is CCC(CC(C)C(C)C)C1CCCCC1C. The van der Waals surface area contributed by atoms with E-state index < -0.39 is 0 Å². The van der Waals surface area contributed by atoms with E-state index in [2.05, 4.69) is 34.6 Å². The Bertz CT molecular complexity index is 182. The zero-order valence-electron chi connectivity index (χ0n) is 12.1. The van der Waals surface area contributed by atoms with E-state index in [0.29, 0.717) is 0 Å². The second kappa shape index (κ2) is 6.67. The highest BCUT2D eigenvalue weighted by Gasteiger charge is 2.29. The summed E-state index contributed by atoms with van der Waals surface area (Å²) in [6.07, 6.45) is 8.81. The maximum atomic E-state index is 2.49. The molecule has 0 nitrogen and oxygen atoms in total. The summed E-state index contributed by atoms with van der Waals surface area (Å²) in [5.74, 6) is 4.76. The summed E-state index contributed by atoms with van der Waals surface area (Å²) < 4.78 is 0. The Morgan fingerprint density at radius 1 is 1.06 bits per heavy atom. The normalized spacial score (nSPS) is 30.4. The fourth-order valence-electron chi connectivity index (χ4n) is 3.44. The molecule has 4 atom stereocenters. The first-order valence-corrected chi connectivity index (χ1v) is 7.56. The predicted molar refractivity (Wildman–Crippen MR) is 73.5 cm³/mol. The standard InChI is InChI=1S/C16H32/c1-6-15(11-14(5)12(2)3)16-10-8-7-9-13(16)4/h12-16H,6-11H2,1-5H3. The van der Waals surface area contributed by atoms with Crippen LogP contribution in [0.15, 0.2) is 0 Å². The van der Waals surface area contributed by atoms with Crippen molar-refractivity contribution in [2.75, 3.05) is 0 Å². The average Bonchev–Trinajstić information content (AvgIpc) is 2.26. The van der Waals surface area contributed by atoms with E-state index in [1.807, 2.05) is 0 Å². The van der Waals surface area contributed by atoms with Gasteiger partial charge in [0.15, 0.2) is 0 Å². The van der Waals surface area contributed by atoms with Crippen LogP contribution < -0.4 is 0 Å². The molecule has 0 aromatic heterocycles. The third kappa shape index (κ3) is 3.79. The molecule has 0 N–H and O–H groups in total. The molecular formula is C16H32. The lowest BCUT2D eigenvalue weighted by atomic mass is 9.69. The first kappa shape index (κ1) is 14.1. The molecule has 0 saturated heterocycles. The van der Waals surface area contributed by atoms with Crippen LogP contribution in [0.3, 0.4) is 0 Å². The molecule has 0 spiro atoms. The van der Waals surface area contributed by atoms with Crippen molar-refractivity contribution < 1.29 is 0 Å². The highest BCUT2D eigenvalue weighted by molar-refractivity contribution is 4.79. The predicted octanol–water partition coefficient (Wildman–Crippen LogP) is 5.52. The zero-order chi connectivity index (χ0) is 12.1. The highest BCUT2D eigenvalue weighted by Crippen LogP contribution is 2.39. The van der Waals surface area contributed by atoms with Crippen molar-refractivity contribution in [2.24, 2.45) is 29.6 Å². The Hall–Kier alpha value is 0. The second-order valence-corrected chi connectivity index (χ2v) is 6.55. The molecular weight excluding hydrogens is 192 g/mol. The lowest BCUT2D eigenvalue weighted by Crippen LogP contribution is -2.27. The monoisotopic (exact) mass is 224 g/mol. The third-order valence-corrected chi connectivity index (χ3v) is 5.12. The zero-order valence-corrected chi connectivity index (χ0v) is 12.1. The van der Waals surface area contributed by atoms with Gasteiger partial charge in [-0.25, -0.2) is 0 Å².